The zero-order valence-corrected chi connectivity index (χ0v) is 62.4. The molecule has 0 amide bonds. The standard InChI is InChI=1S/C104H71N3O2S2/c1-103-60-59-90(98(70-33-12-4-13-34-70)100(103)82-44-23-27-50-96(82)111-103)106(74-37-16-6-17-38-74)76-54-51-68(52-55-76)71-53-57-87-84(61-71)79-41-20-24-45-86(79)104(87)88-58-56-77(105(73-35-14-5-15-36-73)78-64-83(69-31-10-3-11-32-69)101-85(65-78)80-42-21-25-48-93(80)109-101)66-97(88)110-102-89(104)46-28-47-91(102)107(75-39-18-7-19-40-75)92-62-72(67-29-8-2-9-30-67)63-95-99(92)81-43-22-26-49-94(81)108-95/h2-54,56-66,76,100H,55H2,1H3. The molecular weight excluding hydrogens is 1390 g/mol. The largest absolute Gasteiger partial charge is 0.456 e. The number of anilines is 7. The number of rotatable bonds is 13. The predicted molar refractivity (Wildman–Crippen MR) is 463 cm³/mol. The number of nitrogens with zero attached hydrogens (tertiary/aromatic N) is 3. The zero-order chi connectivity index (χ0) is 73.3. The summed E-state index contributed by atoms with van der Waals surface area (Å²) in [7, 11) is 0. The molecule has 0 fully saturated rings. The second kappa shape index (κ2) is 26.1. The van der Waals surface area contributed by atoms with E-state index in [1.54, 1.807) is 0 Å². The number of hydrogen-bond donors (Lipinski definition) is 0. The molecule has 3 aliphatic carbocycles. The van der Waals surface area contributed by atoms with Crippen LogP contribution in [0.3, 0.4) is 0 Å². The molecular formula is C104H71N3O2S2. The van der Waals surface area contributed by atoms with E-state index in [1.165, 1.54) is 82.4 Å². The van der Waals surface area contributed by atoms with Crippen molar-refractivity contribution >= 4 is 118 Å². The first-order chi connectivity index (χ1) is 54.9. The Balaban J connectivity index is 0.741. The molecule has 15 aromatic carbocycles. The average Bonchev–Trinajstić information content (AvgIpc) is 1.55. The van der Waals surface area contributed by atoms with Crippen molar-refractivity contribution in [3.63, 3.8) is 0 Å². The highest BCUT2D eigenvalue weighted by molar-refractivity contribution is 8.01. The van der Waals surface area contributed by atoms with Crippen LogP contribution < -0.4 is 14.7 Å². The number of hydrogen-bond acceptors (Lipinski definition) is 7. The van der Waals surface area contributed by atoms with Gasteiger partial charge in [0, 0.05) is 81.2 Å². The van der Waals surface area contributed by atoms with Crippen LogP contribution in [-0.2, 0) is 5.41 Å². The van der Waals surface area contributed by atoms with Crippen LogP contribution in [-0.4, -0.2) is 10.8 Å². The molecule has 0 N–H and O–H groups in total. The summed E-state index contributed by atoms with van der Waals surface area (Å²) in [5, 5.41) is 4.25. The molecule has 1 spiro atoms. The Kier molecular flexibility index (Phi) is 15.3. The maximum atomic E-state index is 6.97. The van der Waals surface area contributed by atoms with E-state index in [9.17, 15) is 0 Å². The van der Waals surface area contributed by atoms with E-state index in [-0.39, 0.29) is 16.7 Å². The Hall–Kier alpha value is -13.0. The van der Waals surface area contributed by atoms with Gasteiger partial charge in [-0.15, -0.1) is 11.8 Å². The molecule has 526 valence electrons. The fraction of sp³-hybridized carbons (Fsp3) is 0.0577. The van der Waals surface area contributed by atoms with Gasteiger partial charge in [0.05, 0.1) is 28.2 Å². The van der Waals surface area contributed by atoms with Crippen molar-refractivity contribution in [2.24, 2.45) is 0 Å². The molecule has 0 bridgehead atoms. The van der Waals surface area contributed by atoms with Crippen LogP contribution in [0.1, 0.15) is 58.2 Å². The first-order valence-corrected chi connectivity index (χ1v) is 40.0. The lowest BCUT2D eigenvalue weighted by Crippen LogP contribution is -2.37. The monoisotopic (exact) mass is 1460 g/mol. The molecule has 4 unspecified atom stereocenters. The molecule has 4 atom stereocenters. The molecule has 0 saturated carbocycles. The highest BCUT2D eigenvalue weighted by atomic mass is 32.2. The van der Waals surface area contributed by atoms with E-state index in [4.69, 9.17) is 8.83 Å². The van der Waals surface area contributed by atoms with Crippen LogP contribution in [0.2, 0.25) is 0 Å². The van der Waals surface area contributed by atoms with E-state index in [0.717, 1.165) is 112 Å². The fourth-order valence-corrected chi connectivity index (χ4v) is 21.5. The van der Waals surface area contributed by atoms with Gasteiger partial charge in [-0.2, -0.15) is 0 Å². The zero-order valence-electron chi connectivity index (χ0n) is 60.8. The van der Waals surface area contributed by atoms with Crippen LogP contribution in [0.4, 0.5) is 39.8 Å². The molecule has 22 rings (SSSR count). The number of furan rings is 2. The third kappa shape index (κ3) is 10.4. The van der Waals surface area contributed by atoms with E-state index in [1.807, 2.05) is 23.5 Å². The lowest BCUT2D eigenvalue weighted by Gasteiger charge is -2.42. The third-order valence-electron chi connectivity index (χ3n) is 23.6. The summed E-state index contributed by atoms with van der Waals surface area (Å²) in [4.78, 5) is 11.3. The summed E-state index contributed by atoms with van der Waals surface area (Å²) < 4.78 is 13.7. The first-order valence-electron chi connectivity index (χ1n) is 38.3. The minimum atomic E-state index is -0.794. The molecule has 111 heavy (non-hydrogen) atoms. The highest BCUT2D eigenvalue weighted by Crippen LogP contribution is 2.66. The second-order valence-electron chi connectivity index (χ2n) is 29.8. The van der Waals surface area contributed by atoms with Crippen molar-refractivity contribution < 1.29 is 8.83 Å². The van der Waals surface area contributed by atoms with Crippen molar-refractivity contribution in [2.75, 3.05) is 14.7 Å². The normalized spacial score (nSPS) is 17.7. The highest BCUT2D eigenvalue weighted by Gasteiger charge is 2.52. The Labute approximate surface area is 653 Å². The summed E-state index contributed by atoms with van der Waals surface area (Å²) in [6.45, 7) is 2.43. The van der Waals surface area contributed by atoms with Crippen LogP contribution >= 0.6 is 23.5 Å². The second-order valence-corrected chi connectivity index (χ2v) is 32.4. The van der Waals surface area contributed by atoms with Crippen molar-refractivity contribution in [2.45, 2.75) is 50.2 Å². The Morgan fingerprint density at radius 3 is 1.75 bits per heavy atom. The Bertz CT molecular complexity index is 6720. The van der Waals surface area contributed by atoms with Gasteiger partial charge in [-0.25, -0.2) is 0 Å². The molecule has 5 aliphatic rings. The van der Waals surface area contributed by atoms with E-state index in [2.05, 4.69) is 410 Å². The molecule has 7 heteroatoms. The summed E-state index contributed by atoms with van der Waals surface area (Å²) in [6, 6.07) is 132. The first kappa shape index (κ1) is 65.1. The van der Waals surface area contributed by atoms with Crippen LogP contribution in [0.25, 0.3) is 88.4 Å². The maximum Gasteiger partial charge on any atom is 0.143 e. The van der Waals surface area contributed by atoms with Gasteiger partial charge in [0.2, 0.25) is 0 Å². The predicted octanol–water partition coefficient (Wildman–Crippen LogP) is 28.4. The third-order valence-corrected chi connectivity index (χ3v) is 26.1. The topological polar surface area (TPSA) is 36.0 Å². The van der Waals surface area contributed by atoms with Crippen LogP contribution in [0, 0.1) is 0 Å². The van der Waals surface area contributed by atoms with E-state index in [0.29, 0.717) is 0 Å². The molecule has 0 saturated heterocycles. The Morgan fingerprint density at radius 1 is 0.378 bits per heavy atom. The van der Waals surface area contributed by atoms with Gasteiger partial charge < -0.3 is 23.5 Å². The molecule has 17 aromatic rings. The van der Waals surface area contributed by atoms with E-state index >= 15 is 0 Å². The lowest BCUT2D eigenvalue weighted by atomic mass is 9.67. The number of thioether (sulfide) groups is 1. The minimum absolute atomic E-state index is 0.0326. The maximum absolute atomic E-state index is 6.97. The lowest BCUT2D eigenvalue weighted by molar-refractivity contribution is 0.669. The smallest absolute Gasteiger partial charge is 0.143 e. The van der Waals surface area contributed by atoms with Crippen molar-refractivity contribution in [3.05, 3.63) is 433 Å². The summed E-state index contributed by atoms with van der Waals surface area (Å²) in [5.74, 6) is 0.162. The molecule has 2 aliphatic heterocycles. The molecule has 4 heterocycles. The van der Waals surface area contributed by atoms with Gasteiger partial charge in [-0.3, -0.25) is 0 Å². The van der Waals surface area contributed by atoms with Gasteiger partial charge in [-0.1, -0.05) is 291 Å². The van der Waals surface area contributed by atoms with Gasteiger partial charge >= 0.3 is 0 Å². The summed E-state index contributed by atoms with van der Waals surface area (Å²) >= 11 is 3.87. The number of allylic oxidation sites excluding steroid dienone is 4. The fourth-order valence-electron chi connectivity index (χ4n) is 18.8. The Morgan fingerprint density at radius 2 is 1.00 bits per heavy atom. The van der Waals surface area contributed by atoms with Crippen molar-refractivity contribution in [1.82, 2.24) is 0 Å². The number of benzene rings is 15. The summed E-state index contributed by atoms with van der Waals surface area (Å²) in [5.41, 5.74) is 29.4. The molecule has 2 aromatic heterocycles. The van der Waals surface area contributed by atoms with Crippen molar-refractivity contribution in [3.8, 4) is 33.4 Å². The van der Waals surface area contributed by atoms with Gasteiger partial charge in [0.1, 0.15) is 22.3 Å². The van der Waals surface area contributed by atoms with Gasteiger partial charge in [0.25, 0.3) is 0 Å². The minimum Gasteiger partial charge on any atom is -0.456 e. The van der Waals surface area contributed by atoms with Gasteiger partial charge in [-0.05, 0) is 200 Å². The van der Waals surface area contributed by atoms with Crippen LogP contribution in [0.15, 0.2) is 418 Å². The van der Waals surface area contributed by atoms with Gasteiger partial charge in [0.15, 0.2) is 0 Å². The number of fused-ring (bicyclic) bond motifs is 18. The molecule has 0 radical (unpaired) electrons. The van der Waals surface area contributed by atoms with Crippen LogP contribution in [0.5, 0.6) is 0 Å². The van der Waals surface area contributed by atoms with Crippen molar-refractivity contribution in [1.29, 1.82) is 0 Å². The number of para-hydroxylation sites is 5. The summed E-state index contributed by atoms with van der Waals surface area (Å²) in [6.07, 6.45) is 13.1. The SMILES string of the molecule is CC12C=CC(N(c3ccccc3)C3C=CC(c4ccc5c(c4)-c4ccccc4C54c5ccc(N(c6ccccc6)c6cc(-c7ccccc7)c7oc8ccccc8c7c6)cc5Sc5c(N(c6ccccc6)c6cc(-c7ccccc7)cc7oc8ccccc8c67)cccc54)=CC3)=C(c3ccccc3)C1c1ccccc1S2. The quantitative estimate of drug-likeness (QED) is 0.114. The average molecular weight is 1460 g/mol. The van der Waals surface area contributed by atoms with E-state index < -0.39 is 5.41 Å². The molecule has 5 nitrogen and oxygen atoms in total.